The van der Waals surface area contributed by atoms with Gasteiger partial charge >= 0.3 is 7.82 Å². The van der Waals surface area contributed by atoms with E-state index in [0.29, 0.717) is 0 Å². The third-order valence-electron chi connectivity index (χ3n) is 0.809. The van der Waals surface area contributed by atoms with E-state index >= 15 is 0 Å². The smallest absolute Gasteiger partial charge is 0.342 e. The van der Waals surface area contributed by atoms with Crippen molar-refractivity contribution in [3.05, 3.63) is 0 Å². The van der Waals surface area contributed by atoms with E-state index in [9.17, 15) is 4.57 Å². The quantitative estimate of drug-likeness (QED) is 0.219. The minimum atomic E-state index is -4.71. The fraction of sp³-hybridized carbons (Fsp3) is 1.00. The lowest BCUT2D eigenvalue weighted by Gasteiger charge is -2.19. The maximum absolute atomic E-state index is 10.0. The average Bonchev–Trinajstić information content (AvgIpc) is 1.78. The van der Waals surface area contributed by atoms with Gasteiger partial charge in [0.15, 0.2) is 0 Å². The zero-order valence-electron chi connectivity index (χ0n) is 5.66. The van der Waals surface area contributed by atoms with E-state index in [1.54, 1.807) is 0 Å². The number of rotatable bonds is 4. The lowest BCUT2D eigenvalue weighted by atomic mass is 10.4. The lowest BCUT2D eigenvalue weighted by Crippen LogP contribution is -2.40. The summed E-state index contributed by atoms with van der Waals surface area (Å²) in [4.78, 5) is 16.2. The molecule has 0 amide bonds. The van der Waals surface area contributed by atoms with E-state index in [1.807, 2.05) is 0 Å². The van der Waals surface area contributed by atoms with Crippen LogP contribution in [0.15, 0.2) is 0 Å². The summed E-state index contributed by atoms with van der Waals surface area (Å²) in [6, 6.07) is 0. The van der Waals surface area contributed by atoms with Crippen molar-refractivity contribution in [2.24, 2.45) is 0 Å². The Morgan fingerprint density at radius 2 is 1.83 bits per heavy atom. The molecule has 1 atom stereocenters. The first kappa shape index (κ1) is 12.3. The Hall–Kier alpha value is 0.280. The fourth-order valence-electron chi connectivity index (χ4n) is 0.274. The van der Waals surface area contributed by atoms with Crippen LogP contribution in [-0.4, -0.2) is 43.1 Å². The Labute approximate surface area is 72.4 Å². The monoisotopic (exact) mass is 222 g/mol. The number of hydrogen-bond acceptors (Lipinski definition) is 5. The number of alkyl halides is 1. The van der Waals surface area contributed by atoms with Crippen LogP contribution >= 0.6 is 19.4 Å². The van der Waals surface area contributed by atoms with Gasteiger partial charge in [-0.15, -0.1) is 11.6 Å². The van der Waals surface area contributed by atoms with Crippen molar-refractivity contribution in [3.63, 3.8) is 0 Å². The summed E-state index contributed by atoms with van der Waals surface area (Å²) in [5.41, 5.74) is 0. The fourth-order valence-corrected chi connectivity index (χ4v) is 0.768. The molecule has 1 unspecified atom stereocenters. The van der Waals surface area contributed by atoms with Gasteiger partial charge < -0.3 is 25.1 Å². The van der Waals surface area contributed by atoms with E-state index in [0.717, 1.165) is 0 Å². The van der Waals surface area contributed by atoms with Crippen molar-refractivity contribution in [2.75, 3.05) is 6.61 Å². The lowest BCUT2D eigenvalue weighted by molar-refractivity contribution is -0.313. The zero-order chi connectivity index (χ0) is 9.99. The molecular weight excluding hydrogens is 214 g/mol. The van der Waals surface area contributed by atoms with Crippen molar-refractivity contribution < 1.29 is 34.2 Å². The number of hydrogen-bond donors (Lipinski definition) is 5. The van der Waals surface area contributed by atoms with Crippen molar-refractivity contribution in [3.8, 4) is 0 Å². The summed E-state index contributed by atoms with van der Waals surface area (Å²) in [5.74, 6) is -3.23. The van der Waals surface area contributed by atoms with E-state index in [2.05, 4.69) is 4.52 Å². The Morgan fingerprint density at radius 3 is 2.08 bits per heavy atom. The molecule has 0 aliphatic rings. The molecule has 0 aliphatic heterocycles. The molecule has 0 fully saturated rings. The van der Waals surface area contributed by atoms with E-state index < -0.39 is 25.8 Å². The molecule has 0 saturated heterocycles. The predicted octanol–water partition coefficient (Wildman–Crippen LogP) is -1.67. The van der Waals surface area contributed by atoms with Gasteiger partial charge in [-0.3, -0.25) is 4.52 Å². The standard InChI is InChI=1S/C3H8ClO7P/c4-2(3(5,6)7)1-11-12(8,9)10/h2,5-7H,1H2,(H2,8,9,10). The van der Waals surface area contributed by atoms with Gasteiger partial charge in [-0.05, 0) is 0 Å². The van der Waals surface area contributed by atoms with E-state index in [1.165, 1.54) is 0 Å². The first-order chi connectivity index (χ1) is 5.13. The van der Waals surface area contributed by atoms with Crippen molar-refractivity contribution in [2.45, 2.75) is 11.4 Å². The highest BCUT2D eigenvalue weighted by atomic mass is 35.5. The van der Waals surface area contributed by atoms with Crippen LogP contribution in [0.1, 0.15) is 0 Å². The van der Waals surface area contributed by atoms with E-state index in [-0.39, 0.29) is 0 Å². The van der Waals surface area contributed by atoms with E-state index in [4.69, 9.17) is 36.7 Å². The second-order valence-electron chi connectivity index (χ2n) is 1.94. The molecule has 0 bridgehead atoms. The van der Waals surface area contributed by atoms with Gasteiger partial charge in [-0.25, -0.2) is 4.57 Å². The van der Waals surface area contributed by atoms with Crippen LogP contribution in [0.25, 0.3) is 0 Å². The molecule has 0 radical (unpaired) electrons. The van der Waals surface area contributed by atoms with Crippen LogP contribution in [0.5, 0.6) is 0 Å². The van der Waals surface area contributed by atoms with Crippen molar-refractivity contribution in [1.82, 2.24) is 0 Å². The molecule has 0 heterocycles. The topological polar surface area (TPSA) is 127 Å². The van der Waals surface area contributed by atoms with Gasteiger partial charge in [-0.1, -0.05) is 0 Å². The minimum Gasteiger partial charge on any atom is -0.342 e. The molecule has 0 saturated carbocycles. The SMILES string of the molecule is O=P(O)(O)OCC(Cl)C(O)(O)O. The van der Waals surface area contributed by atoms with Crippen LogP contribution in [0.2, 0.25) is 0 Å². The van der Waals surface area contributed by atoms with Crippen molar-refractivity contribution >= 4 is 19.4 Å². The number of aliphatic hydroxyl groups is 3. The molecule has 7 nitrogen and oxygen atoms in total. The van der Waals surface area contributed by atoms with Crippen LogP contribution in [0, 0.1) is 0 Å². The van der Waals surface area contributed by atoms with Crippen LogP contribution in [0.4, 0.5) is 0 Å². The number of halogens is 1. The molecule has 0 aromatic heterocycles. The zero-order valence-corrected chi connectivity index (χ0v) is 7.31. The largest absolute Gasteiger partial charge is 0.469 e. The van der Waals surface area contributed by atoms with Crippen LogP contribution in [0.3, 0.4) is 0 Å². The summed E-state index contributed by atoms with van der Waals surface area (Å²) in [6.07, 6.45) is 0. The minimum absolute atomic E-state index is 0.894. The van der Waals surface area contributed by atoms with Gasteiger partial charge in [0.1, 0.15) is 5.38 Å². The van der Waals surface area contributed by atoms with Crippen molar-refractivity contribution in [1.29, 1.82) is 0 Å². The molecule has 74 valence electrons. The summed E-state index contributed by atoms with van der Waals surface area (Å²) in [7, 11) is -4.71. The van der Waals surface area contributed by atoms with Gasteiger partial charge in [0.25, 0.3) is 5.97 Å². The number of phosphoric ester groups is 1. The molecular formula is C3H8ClO7P. The molecule has 0 rings (SSSR count). The highest BCUT2D eigenvalue weighted by molar-refractivity contribution is 7.46. The predicted molar refractivity (Wildman–Crippen MR) is 37.0 cm³/mol. The normalized spacial score (nSPS) is 16.2. The highest BCUT2D eigenvalue weighted by Gasteiger charge is 2.32. The average molecular weight is 223 g/mol. The summed E-state index contributed by atoms with van der Waals surface area (Å²) in [6.45, 7) is -0.894. The van der Waals surface area contributed by atoms with Gasteiger partial charge in [0.05, 0.1) is 6.61 Å². The molecule has 0 aromatic carbocycles. The Balaban J connectivity index is 3.89. The Bertz CT molecular complexity index is 182. The molecule has 12 heavy (non-hydrogen) atoms. The molecule has 0 spiro atoms. The van der Waals surface area contributed by atoms with Crippen LogP contribution < -0.4 is 0 Å². The first-order valence-corrected chi connectivity index (χ1v) is 4.61. The molecule has 9 heteroatoms. The third-order valence-corrected chi connectivity index (χ3v) is 1.71. The Morgan fingerprint density at radius 1 is 1.42 bits per heavy atom. The second-order valence-corrected chi connectivity index (χ2v) is 3.71. The van der Waals surface area contributed by atoms with Gasteiger partial charge in [0.2, 0.25) is 0 Å². The molecule has 5 N–H and O–H groups in total. The first-order valence-electron chi connectivity index (χ1n) is 2.64. The Kier molecular flexibility index (Phi) is 4.09. The summed E-state index contributed by atoms with van der Waals surface area (Å²) < 4.78 is 13.8. The summed E-state index contributed by atoms with van der Waals surface area (Å²) >= 11 is 5.04. The summed E-state index contributed by atoms with van der Waals surface area (Å²) in [5, 5.41) is 23.2. The van der Waals surface area contributed by atoms with Gasteiger partial charge in [-0.2, -0.15) is 0 Å². The maximum atomic E-state index is 10.0. The highest BCUT2D eigenvalue weighted by Crippen LogP contribution is 2.36. The molecule has 0 aromatic rings. The molecule has 0 aliphatic carbocycles. The van der Waals surface area contributed by atoms with Gasteiger partial charge in [0, 0.05) is 0 Å². The maximum Gasteiger partial charge on any atom is 0.469 e. The van der Waals surface area contributed by atoms with Crippen LogP contribution in [-0.2, 0) is 9.09 Å². The third kappa shape index (κ3) is 5.87. The second kappa shape index (κ2) is 3.99. The number of phosphoric acid groups is 1.